The number of amides is 3. The van der Waals surface area contributed by atoms with Crippen LogP contribution >= 0.6 is 23.2 Å². The summed E-state index contributed by atoms with van der Waals surface area (Å²) in [6.45, 7) is 3.01. The van der Waals surface area contributed by atoms with Crippen LogP contribution in [0.1, 0.15) is 42.5 Å². The maximum absolute atomic E-state index is 13.4. The van der Waals surface area contributed by atoms with Crippen LogP contribution in [0.2, 0.25) is 10.0 Å². The highest BCUT2D eigenvalue weighted by molar-refractivity contribution is 6.42. The van der Waals surface area contributed by atoms with Crippen molar-refractivity contribution in [2.24, 2.45) is 0 Å². The number of hydrogen-bond acceptors (Lipinski definition) is 4. The van der Waals surface area contributed by atoms with E-state index < -0.39 is 41.0 Å². The van der Waals surface area contributed by atoms with E-state index in [0.717, 1.165) is 11.0 Å². The van der Waals surface area contributed by atoms with Gasteiger partial charge in [-0.2, -0.15) is 26.3 Å². The van der Waals surface area contributed by atoms with E-state index in [-0.39, 0.29) is 40.1 Å². The van der Waals surface area contributed by atoms with Crippen LogP contribution in [0, 0.1) is 0 Å². The number of benzene rings is 3. The Bertz CT molecular complexity index is 1550. The van der Waals surface area contributed by atoms with E-state index in [1.54, 1.807) is 25.1 Å². The zero-order chi connectivity index (χ0) is 32.0. The van der Waals surface area contributed by atoms with Crippen molar-refractivity contribution < 1.29 is 45.8 Å². The first kappa shape index (κ1) is 32.4. The Hall–Kier alpha value is -3.48. The first-order valence-corrected chi connectivity index (χ1v) is 13.5. The molecule has 1 heterocycles. The highest BCUT2D eigenvalue weighted by Gasteiger charge is 2.71. The highest BCUT2D eigenvalue weighted by atomic mass is 35.5. The molecule has 0 bridgehead atoms. The Morgan fingerprint density at radius 2 is 1.60 bits per heavy atom. The summed E-state index contributed by atoms with van der Waals surface area (Å²) in [7, 11) is 0. The highest BCUT2D eigenvalue weighted by Crippen LogP contribution is 2.50. The molecule has 1 saturated heterocycles. The van der Waals surface area contributed by atoms with Gasteiger partial charge in [0.15, 0.2) is 0 Å². The first-order chi connectivity index (χ1) is 19.9. The lowest BCUT2D eigenvalue weighted by Crippen LogP contribution is -2.53. The third kappa shape index (κ3) is 6.00. The number of urea groups is 1. The third-order valence-corrected chi connectivity index (χ3v) is 7.80. The van der Waals surface area contributed by atoms with Crippen molar-refractivity contribution in [1.29, 1.82) is 0 Å². The number of carbonyl (C=O) groups is 2. The van der Waals surface area contributed by atoms with Gasteiger partial charge in [0.25, 0.3) is 11.5 Å². The van der Waals surface area contributed by atoms with Crippen LogP contribution in [0.4, 0.5) is 31.1 Å². The number of nitrogens with zero attached hydrogens (tertiary/aromatic N) is 1. The lowest BCUT2D eigenvalue weighted by atomic mass is 9.90. The summed E-state index contributed by atoms with van der Waals surface area (Å²) in [6, 6.07) is 12.0. The molecule has 0 radical (unpaired) electrons. The Labute approximate surface area is 252 Å². The van der Waals surface area contributed by atoms with Crippen LogP contribution in [0.25, 0.3) is 0 Å². The van der Waals surface area contributed by atoms with Gasteiger partial charge in [-0.3, -0.25) is 9.69 Å². The molecule has 1 unspecified atom stereocenters. The van der Waals surface area contributed by atoms with Gasteiger partial charge >= 0.3 is 18.4 Å². The number of imide groups is 1. The standard InChI is InChI=1S/C29H24Cl2F6N2O4/c1-3-5-17-13-19(27(42,28(32,33)34)29(35,36)37)9-11-23(17)43-20-7-4-6-16(12-20)15-39-24(40)26(2,38-25(39)41)18-8-10-21(30)22(31)14-18/h4,6-14,42H,3,5,15H2,1-2H3,(H,38,41). The molecule has 3 aromatic carbocycles. The fraction of sp³-hybridized carbons (Fsp3) is 0.310. The minimum absolute atomic E-state index is 0.00354. The topological polar surface area (TPSA) is 78.9 Å². The number of alkyl halides is 6. The Kier molecular flexibility index (Phi) is 8.71. The first-order valence-electron chi connectivity index (χ1n) is 12.8. The third-order valence-electron chi connectivity index (χ3n) is 7.06. The van der Waals surface area contributed by atoms with Crippen molar-refractivity contribution in [2.75, 3.05) is 0 Å². The second kappa shape index (κ2) is 11.5. The normalized spacial score (nSPS) is 17.8. The molecule has 3 amide bonds. The fourth-order valence-corrected chi connectivity index (χ4v) is 5.02. The average Bonchev–Trinajstić information content (AvgIpc) is 3.13. The van der Waals surface area contributed by atoms with E-state index in [1.165, 1.54) is 31.2 Å². The smallest absolute Gasteiger partial charge is 0.430 e. The van der Waals surface area contributed by atoms with Gasteiger partial charge in [0.2, 0.25) is 0 Å². The SMILES string of the molecule is CCCc1cc(C(O)(C(F)(F)F)C(F)(F)F)ccc1Oc1cccc(CN2C(=O)NC(C)(c3ccc(Cl)c(Cl)c3)C2=O)c1. The zero-order valence-electron chi connectivity index (χ0n) is 22.5. The predicted molar refractivity (Wildman–Crippen MR) is 146 cm³/mol. The van der Waals surface area contributed by atoms with Gasteiger partial charge in [-0.15, -0.1) is 0 Å². The molecular weight excluding hydrogens is 625 g/mol. The summed E-state index contributed by atoms with van der Waals surface area (Å²) in [5, 5.41) is 12.9. The van der Waals surface area contributed by atoms with E-state index in [2.05, 4.69) is 5.32 Å². The lowest BCUT2D eigenvalue weighted by Gasteiger charge is -2.33. The van der Waals surface area contributed by atoms with Crippen LogP contribution in [0.15, 0.2) is 60.7 Å². The molecule has 43 heavy (non-hydrogen) atoms. The molecule has 230 valence electrons. The van der Waals surface area contributed by atoms with E-state index >= 15 is 0 Å². The maximum atomic E-state index is 13.4. The number of ether oxygens (including phenoxy) is 1. The van der Waals surface area contributed by atoms with Crippen molar-refractivity contribution in [1.82, 2.24) is 10.2 Å². The maximum Gasteiger partial charge on any atom is 0.430 e. The number of rotatable bonds is 8. The lowest BCUT2D eigenvalue weighted by molar-refractivity contribution is -0.376. The molecule has 2 N–H and O–H groups in total. The average molecular weight is 649 g/mol. The Morgan fingerprint density at radius 1 is 0.930 bits per heavy atom. The molecule has 14 heteroatoms. The summed E-state index contributed by atoms with van der Waals surface area (Å²) >= 11 is 12.1. The molecule has 6 nitrogen and oxygen atoms in total. The van der Waals surface area contributed by atoms with Crippen molar-refractivity contribution in [3.05, 3.63) is 93.0 Å². The molecule has 1 aliphatic heterocycles. The molecule has 3 aromatic rings. The van der Waals surface area contributed by atoms with Crippen LogP contribution in [-0.4, -0.2) is 34.3 Å². The van der Waals surface area contributed by atoms with E-state index in [1.807, 2.05) is 0 Å². The number of halogens is 8. The Morgan fingerprint density at radius 3 is 2.21 bits per heavy atom. The van der Waals surface area contributed by atoms with Crippen LogP contribution in [-0.2, 0) is 28.9 Å². The minimum atomic E-state index is -6.03. The second-order valence-electron chi connectivity index (χ2n) is 10.1. The molecular formula is C29H24Cl2F6N2O4. The van der Waals surface area contributed by atoms with Gasteiger partial charge < -0.3 is 15.2 Å². The number of nitrogens with one attached hydrogen (secondary N) is 1. The summed E-state index contributed by atoms with van der Waals surface area (Å²) < 4.78 is 86.4. The molecule has 1 atom stereocenters. The van der Waals surface area contributed by atoms with Gasteiger partial charge in [0.05, 0.1) is 16.6 Å². The number of carbonyl (C=O) groups excluding carboxylic acids is 2. The number of aryl methyl sites for hydroxylation is 1. The van der Waals surface area contributed by atoms with Crippen molar-refractivity contribution in [2.45, 2.75) is 56.7 Å². The van der Waals surface area contributed by atoms with Crippen LogP contribution < -0.4 is 10.1 Å². The zero-order valence-corrected chi connectivity index (χ0v) is 24.0. The molecule has 0 spiro atoms. The minimum Gasteiger partial charge on any atom is -0.457 e. The van der Waals surface area contributed by atoms with Gasteiger partial charge in [-0.05, 0) is 66.4 Å². The molecule has 1 fully saturated rings. The Balaban J connectivity index is 1.60. The molecule has 4 rings (SSSR count). The number of hydrogen-bond donors (Lipinski definition) is 2. The molecule has 1 aliphatic rings. The van der Waals surface area contributed by atoms with Crippen molar-refractivity contribution in [3.8, 4) is 11.5 Å². The predicted octanol–water partition coefficient (Wildman–Crippen LogP) is 8.02. The van der Waals surface area contributed by atoms with E-state index in [4.69, 9.17) is 27.9 Å². The second-order valence-corrected chi connectivity index (χ2v) is 10.9. The monoisotopic (exact) mass is 648 g/mol. The van der Waals surface area contributed by atoms with E-state index in [0.29, 0.717) is 29.7 Å². The van der Waals surface area contributed by atoms with Crippen molar-refractivity contribution in [3.63, 3.8) is 0 Å². The summed E-state index contributed by atoms with van der Waals surface area (Å²) in [5.41, 5.74) is -7.03. The van der Waals surface area contributed by atoms with Gasteiger partial charge in [0.1, 0.15) is 17.0 Å². The van der Waals surface area contributed by atoms with Crippen LogP contribution in [0.5, 0.6) is 11.5 Å². The van der Waals surface area contributed by atoms with Crippen molar-refractivity contribution >= 4 is 35.1 Å². The molecule has 0 aliphatic carbocycles. The fourth-order valence-electron chi connectivity index (χ4n) is 4.72. The van der Waals surface area contributed by atoms with Gasteiger partial charge in [0, 0.05) is 5.56 Å². The van der Waals surface area contributed by atoms with E-state index in [9.17, 15) is 41.0 Å². The molecule has 0 saturated carbocycles. The molecule has 0 aromatic heterocycles. The largest absolute Gasteiger partial charge is 0.457 e. The van der Waals surface area contributed by atoms with Crippen LogP contribution in [0.3, 0.4) is 0 Å². The summed E-state index contributed by atoms with van der Waals surface area (Å²) in [6.07, 6.45) is -11.7. The quantitative estimate of drug-likeness (QED) is 0.192. The van der Waals surface area contributed by atoms with Gasteiger partial charge in [-0.25, -0.2) is 4.79 Å². The summed E-state index contributed by atoms with van der Waals surface area (Å²) in [5.74, 6) is -0.453. The summed E-state index contributed by atoms with van der Waals surface area (Å²) in [4.78, 5) is 27.1. The number of aliphatic hydroxyl groups is 1. The van der Waals surface area contributed by atoms with Gasteiger partial charge in [-0.1, -0.05) is 60.8 Å².